The number of esters is 1. The van der Waals surface area contributed by atoms with Crippen molar-refractivity contribution in [3.05, 3.63) is 34.1 Å². The minimum atomic E-state index is -4.29. The SMILES string of the molecule is CCN(CC(=O)OC)S(=O)(=O)c1ccc([N+](=O)[O-])cc1F. The second kappa shape index (κ2) is 6.59. The lowest BCUT2D eigenvalue weighted by atomic mass is 10.3. The molecule has 1 rings (SSSR count). The maximum absolute atomic E-state index is 13.8. The number of methoxy groups -OCH3 is 1. The molecule has 21 heavy (non-hydrogen) atoms. The summed E-state index contributed by atoms with van der Waals surface area (Å²) in [6, 6.07) is 2.18. The van der Waals surface area contributed by atoms with Gasteiger partial charge in [0, 0.05) is 12.6 Å². The third-order valence-corrected chi connectivity index (χ3v) is 4.58. The zero-order chi connectivity index (χ0) is 16.2. The van der Waals surface area contributed by atoms with Gasteiger partial charge in [0.2, 0.25) is 10.0 Å². The molecule has 10 heteroatoms. The molecule has 0 aliphatic rings. The molecule has 0 radical (unpaired) electrons. The van der Waals surface area contributed by atoms with Crippen LogP contribution >= 0.6 is 0 Å². The molecule has 0 aromatic heterocycles. The van der Waals surface area contributed by atoms with Gasteiger partial charge in [0.15, 0.2) is 0 Å². The second-order valence-electron chi connectivity index (χ2n) is 3.88. The van der Waals surface area contributed by atoms with Crippen LogP contribution in [0.2, 0.25) is 0 Å². The van der Waals surface area contributed by atoms with Crippen LogP contribution in [0.4, 0.5) is 10.1 Å². The van der Waals surface area contributed by atoms with E-state index >= 15 is 0 Å². The summed E-state index contributed by atoms with van der Waals surface area (Å²) in [5.74, 6) is -2.06. The molecule has 0 aliphatic carbocycles. The van der Waals surface area contributed by atoms with Crippen molar-refractivity contribution < 1.29 is 27.3 Å². The number of rotatable bonds is 6. The summed E-state index contributed by atoms with van der Waals surface area (Å²) in [6.45, 7) is 0.795. The van der Waals surface area contributed by atoms with Crippen molar-refractivity contribution in [1.29, 1.82) is 0 Å². The Morgan fingerprint density at radius 1 is 1.48 bits per heavy atom. The van der Waals surface area contributed by atoms with Crippen LogP contribution < -0.4 is 0 Å². The Morgan fingerprint density at radius 3 is 2.52 bits per heavy atom. The first-order chi connectivity index (χ1) is 9.73. The van der Waals surface area contributed by atoms with Gasteiger partial charge in [0.05, 0.1) is 18.1 Å². The molecule has 8 nitrogen and oxygen atoms in total. The Kier molecular flexibility index (Phi) is 5.33. The van der Waals surface area contributed by atoms with Crippen LogP contribution in [0.5, 0.6) is 0 Å². The molecule has 0 atom stereocenters. The fourth-order valence-electron chi connectivity index (χ4n) is 1.53. The number of carbonyl (C=O) groups is 1. The first-order valence-corrected chi connectivity index (χ1v) is 7.19. The molecule has 0 spiro atoms. The maximum Gasteiger partial charge on any atom is 0.321 e. The summed E-state index contributed by atoms with van der Waals surface area (Å²) < 4.78 is 43.3. The van der Waals surface area contributed by atoms with E-state index in [9.17, 15) is 27.7 Å². The Balaban J connectivity index is 3.23. The number of sulfonamides is 1. The van der Waals surface area contributed by atoms with Crippen LogP contribution in [0.1, 0.15) is 6.92 Å². The van der Waals surface area contributed by atoms with Crippen LogP contribution in [0.15, 0.2) is 23.1 Å². The number of nitro benzene ring substituents is 1. The lowest BCUT2D eigenvalue weighted by molar-refractivity contribution is -0.385. The van der Waals surface area contributed by atoms with Gasteiger partial charge in [0.1, 0.15) is 17.3 Å². The number of benzene rings is 1. The lowest BCUT2D eigenvalue weighted by Crippen LogP contribution is -2.36. The maximum atomic E-state index is 13.8. The van der Waals surface area contributed by atoms with E-state index in [2.05, 4.69) is 4.74 Å². The molecule has 0 bridgehead atoms. The summed E-state index contributed by atoms with van der Waals surface area (Å²) in [5, 5.41) is 10.5. The highest BCUT2D eigenvalue weighted by atomic mass is 32.2. The number of nitro groups is 1. The van der Waals surface area contributed by atoms with Crippen molar-refractivity contribution in [2.24, 2.45) is 0 Å². The van der Waals surface area contributed by atoms with Crippen LogP contribution in [0.25, 0.3) is 0 Å². The molecule has 0 aliphatic heterocycles. The predicted molar refractivity (Wildman–Crippen MR) is 69.5 cm³/mol. The van der Waals surface area contributed by atoms with Gasteiger partial charge in [-0.2, -0.15) is 4.31 Å². The van der Waals surface area contributed by atoms with Crippen molar-refractivity contribution in [1.82, 2.24) is 4.31 Å². The Labute approximate surface area is 120 Å². The molecule has 1 aromatic carbocycles. The molecule has 0 saturated carbocycles. The molecular weight excluding hydrogens is 307 g/mol. The molecule has 1 aromatic rings. The largest absolute Gasteiger partial charge is 0.468 e. The summed E-state index contributed by atoms with van der Waals surface area (Å²) in [4.78, 5) is 20.1. The molecule has 0 saturated heterocycles. The monoisotopic (exact) mass is 320 g/mol. The highest BCUT2D eigenvalue weighted by Crippen LogP contribution is 2.23. The Bertz CT molecular complexity index is 661. The number of ether oxygens (including phenoxy) is 1. The third-order valence-electron chi connectivity index (χ3n) is 2.63. The molecule has 0 amide bonds. The van der Waals surface area contributed by atoms with Crippen LogP contribution in [-0.4, -0.2) is 43.8 Å². The van der Waals surface area contributed by atoms with E-state index in [4.69, 9.17) is 0 Å². The average molecular weight is 320 g/mol. The fourth-order valence-corrected chi connectivity index (χ4v) is 2.97. The van der Waals surface area contributed by atoms with Crippen molar-refractivity contribution in [3.8, 4) is 0 Å². The van der Waals surface area contributed by atoms with E-state index in [0.717, 1.165) is 19.2 Å². The number of hydrogen-bond donors (Lipinski definition) is 0. The fraction of sp³-hybridized carbons (Fsp3) is 0.364. The molecule has 0 heterocycles. The van der Waals surface area contributed by atoms with Crippen LogP contribution in [-0.2, 0) is 19.6 Å². The number of nitrogens with zero attached hydrogens (tertiary/aromatic N) is 2. The minimum Gasteiger partial charge on any atom is -0.468 e. The molecule has 0 fully saturated rings. The molecule has 0 N–H and O–H groups in total. The predicted octanol–water partition coefficient (Wildman–Crippen LogP) is 0.918. The lowest BCUT2D eigenvalue weighted by Gasteiger charge is -2.19. The van der Waals surface area contributed by atoms with Crippen LogP contribution in [0.3, 0.4) is 0 Å². The van der Waals surface area contributed by atoms with E-state index in [1.165, 1.54) is 6.92 Å². The van der Waals surface area contributed by atoms with E-state index in [0.29, 0.717) is 10.4 Å². The average Bonchev–Trinajstić information content (AvgIpc) is 2.43. The summed E-state index contributed by atoms with van der Waals surface area (Å²) in [7, 11) is -3.20. The summed E-state index contributed by atoms with van der Waals surface area (Å²) >= 11 is 0. The molecule has 116 valence electrons. The van der Waals surface area contributed by atoms with Crippen LogP contribution in [0, 0.1) is 15.9 Å². The van der Waals surface area contributed by atoms with Crippen molar-refractivity contribution >= 4 is 21.7 Å². The highest BCUT2D eigenvalue weighted by molar-refractivity contribution is 7.89. The normalized spacial score (nSPS) is 11.4. The van der Waals surface area contributed by atoms with Crippen molar-refractivity contribution in [2.75, 3.05) is 20.2 Å². The van der Waals surface area contributed by atoms with Gasteiger partial charge in [-0.15, -0.1) is 0 Å². The van der Waals surface area contributed by atoms with Gasteiger partial charge in [-0.3, -0.25) is 14.9 Å². The number of halogens is 1. The van der Waals surface area contributed by atoms with Crippen molar-refractivity contribution in [2.45, 2.75) is 11.8 Å². The standard InChI is InChI=1S/C11H13FN2O6S/c1-3-13(7-11(15)20-2)21(18,19)10-5-4-8(14(16)17)6-9(10)12/h4-6H,3,7H2,1-2H3. The zero-order valence-electron chi connectivity index (χ0n) is 11.3. The summed E-state index contributed by atoms with van der Waals surface area (Å²) in [6.07, 6.45) is 0. The summed E-state index contributed by atoms with van der Waals surface area (Å²) in [5.41, 5.74) is -0.567. The second-order valence-corrected chi connectivity index (χ2v) is 5.79. The number of likely N-dealkylation sites (N-methyl/N-ethyl adjacent to an activating group) is 1. The van der Waals surface area contributed by atoms with Crippen molar-refractivity contribution in [3.63, 3.8) is 0 Å². The Morgan fingerprint density at radius 2 is 2.10 bits per heavy atom. The van der Waals surface area contributed by atoms with Gasteiger partial charge in [-0.1, -0.05) is 6.92 Å². The van der Waals surface area contributed by atoms with Gasteiger partial charge < -0.3 is 4.74 Å². The number of hydrogen-bond acceptors (Lipinski definition) is 6. The third kappa shape index (κ3) is 3.73. The smallest absolute Gasteiger partial charge is 0.321 e. The van der Waals surface area contributed by atoms with Gasteiger partial charge >= 0.3 is 5.97 Å². The van der Waals surface area contributed by atoms with Gasteiger partial charge in [0.25, 0.3) is 5.69 Å². The molecule has 0 unspecified atom stereocenters. The quantitative estimate of drug-likeness (QED) is 0.438. The number of carbonyl (C=O) groups excluding carboxylic acids is 1. The van der Waals surface area contributed by atoms with E-state index in [-0.39, 0.29) is 6.54 Å². The number of non-ortho nitro benzene ring substituents is 1. The van der Waals surface area contributed by atoms with Gasteiger partial charge in [-0.05, 0) is 6.07 Å². The highest BCUT2D eigenvalue weighted by Gasteiger charge is 2.29. The topological polar surface area (TPSA) is 107 Å². The Hall–Kier alpha value is -2.07. The molecular formula is C11H13FN2O6S. The van der Waals surface area contributed by atoms with E-state index < -0.39 is 43.9 Å². The minimum absolute atomic E-state index is 0.0894. The van der Waals surface area contributed by atoms with E-state index in [1.54, 1.807) is 0 Å². The van der Waals surface area contributed by atoms with E-state index in [1.807, 2.05) is 0 Å². The zero-order valence-corrected chi connectivity index (χ0v) is 12.1. The first kappa shape index (κ1) is 17.0. The first-order valence-electron chi connectivity index (χ1n) is 5.75. The van der Waals surface area contributed by atoms with Gasteiger partial charge in [-0.25, -0.2) is 12.8 Å².